The Balaban J connectivity index is 1.45. The van der Waals surface area contributed by atoms with E-state index in [0.717, 1.165) is 24.7 Å². The number of hydrogen-bond donors (Lipinski definition) is 0. The number of aromatic nitrogens is 7. The molecule has 6 rings (SSSR count). The maximum absolute atomic E-state index is 14.6. The van der Waals surface area contributed by atoms with Crippen molar-refractivity contribution in [2.45, 2.75) is 44.4 Å². The summed E-state index contributed by atoms with van der Waals surface area (Å²) in [4.78, 5) is 13.4. The predicted molar refractivity (Wildman–Crippen MR) is 139 cm³/mol. The fraction of sp³-hybridized carbons (Fsp3) is 0.385. The van der Waals surface area contributed by atoms with Crippen molar-refractivity contribution in [1.29, 1.82) is 0 Å². The summed E-state index contributed by atoms with van der Waals surface area (Å²) in [6.07, 6.45) is 5.93. The minimum absolute atomic E-state index is 0.0165. The molecular formula is C26H24ClF2N7O2S. The first kappa shape index (κ1) is 25.9. The van der Waals surface area contributed by atoms with Crippen molar-refractivity contribution < 1.29 is 17.2 Å². The summed E-state index contributed by atoms with van der Waals surface area (Å²) in [5.41, 5.74) is 0.701. The third-order valence-corrected chi connectivity index (χ3v) is 9.53. The Kier molecular flexibility index (Phi) is 5.85. The average molecular weight is 572 g/mol. The van der Waals surface area contributed by atoms with E-state index in [1.165, 1.54) is 29.2 Å². The van der Waals surface area contributed by atoms with Crippen molar-refractivity contribution in [3.63, 3.8) is 0 Å². The van der Waals surface area contributed by atoms with Crippen molar-refractivity contribution in [2.24, 2.45) is 5.41 Å². The molecule has 13 heteroatoms. The number of aryl methyl sites for hydroxylation is 1. The Morgan fingerprint density at radius 3 is 2.59 bits per heavy atom. The zero-order chi connectivity index (χ0) is 27.7. The van der Waals surface area contributed by atoms with Gasteiger partial charge < -0.3 is 0 Å². The molecule has 2 bridgehead atoms. The van der Waals surface area contributed by atoms with Crippen LogP contribution in [0.3, 0.4) is 0 Å². The van der Waals surface area contributed by atoms with Crippen LogP contribution in [0.2, 0.25) is 5.02 Å². The lowest BCUT2D eigenvalue weighted by atomic mass is 9.66. The number of benzene rings is 1. The monoisotopic (exact) mass is 571 g/mol. The van der Waals surface area contributed by atoms with E-state index in [4.69, 9.17) is 16.6 Å². The predicted octanol–water partition coefficient (Wildman–Crippen LogP) is 4.24. The molecule has 0 spiro atoms. The highest BCUT2D eigenvalue weighted by Crippen LogP contribution is 2.70. The quantitative estimate of drug-likeness (QED) is 0.337. The van der Waals surface area contributed by atoms with E-state index in [-0.39, 0.29) is 40.3 Å². The zero-order valence-corrected chi connectivity index (χ0v) is 22.9. The Labute approximate surface area is 228 Å². The largest absolute Gasteiger partial charge is 0.252 e. The summed E-state index contributed by atoms with van der Waals surface area (Å²) in [6, 6.07) is 5.45. The molecule has 3 heterocycles. The highest BCUT2D eigenvalue weighted by atomic mass is 35.5. The van der Waals surface area contributed by atoms with E-state index in [2.05, 4.69) is 39.1 Å². The van der Waals surface area contributed by atoms with Crippen molar-refractivity contribution >= 4 is 21.4 Å². The fourth-order valence-corrected chi connectivity index (χ4v) is 7.18. The van der Waals surface area contributed by atoms with Crippen molar-refractivity contribution in [1.82, 2.24) is 34.9 Å². The van der Waals surface area contributed by atoms with E-state index in [1.54, 1.807) is 6.20 Å². The molecule has 1 saturated carbocycles. The van der Waals surface area contributed by atoms with E-state index in [0.29, 0.717) is 17.2 Å². The van der Waals surface area contributed by atoms with Crippen LogP contribution in [0.15, 0.2) is 36.8 Å². The van der Waals surface area contributed by atoms with Crippen LogP contribution in [0.5, 0.6) is 0 Å². The summed E-state index contributed by atoms with van der Waals surface area (Å²) in [5.74, 6) is -0.968. The number of sulfone groups is 1. The standard InChI is InChI=1S/C26H24ClF2N7O2S/c1-25(2)14-7-10-26(25,23-19(14)21(27)22(33-34-23)20-15(28)5-4-6-16(20)29)17-8-11-30-24(32-17)36-13-31-18(35-36)9-12-39(3,37)38/h4-6,8,11,13-14H,7,9-10,12H2,1-3H3/t14-,26+/m0/s1. The number of nitrogens with zero attached hydrogens (tertiary/aromatic N) is 7. The lowest BCUT2D eigenvalue weighted by Gasteiger charge is -2.37. The number of halogens is 3. The van der Waals surface area contributed by atoms with Gasteiger partial charge in [-0.25, -0.2) is 32.2 Å². The second-order valence-corrected chi connectivity index (χ2v) is 13.3. The fourth-order valence-electron chi connectivity index (χ4n) is 6.28. The Morgan fingerprint density at radius 1 is 1.13 bits per heavy atom. The third kappa shape index (κ3) is 3.87. The third-order valence-electron chi connectivity index (χ3n) is 8.20. The Hall–Kier alpha value is -3.38. The van der Waals surface area contributed by atoms with Gasteiger partial charge in [0.25, 0.3) is 5.95 Å². The molecule has 4 aromatic rings. The zero-order valence-electron chi connectivity index (χ0n) is 21.4. The molecule has 3 aromatic heterocycles. The second kappa shape index (κ2) is 8.82. The molecule has 0 unspecified atom stereocenters. The van der Waals surface area contributed by atoms with Gasteiger partial charge in [0.1, 0.15) is 33.5 Å². The van der Waals surface area contributed by atoms with Gasteiger partial charge in [0.15, 0.2) is 5.82 Å². The normalized spacial score (nSPS) is 21.3. The van der Waals surface area contributed by atoms with Crippen LogP contribution >= 0.6 is 11.6 Å². The highest BCUT2D eigenvalue weighted by molar-refractivity contribution is 7.90. The molecule has 0 amide bonds. The molecule has 2 aliphatic carbocycles. The molecule has 2 aliphatic rings. The molecule has 0 N–H and O–H groups in total. The smallest absolute Gasteiger partial charge is 0.229 e. The summed E-state index contributed by atoms with van der Waals surface area (Å²) in [6.45, 7) is 4.24. The maximum atomic E-state index is 14.6. The summed E-state index contributed by atoms with van der Waals surface area (Å²) >= 11 is 6.86. The number of hydrogen-bond acceptors (Lipinski definition) is 8. The van der Waals surface area contributed by atoms with Crippen LogP contribution in [0, 0.1) is 17.0 Å². The molecular weight excluding hydrogens is 548 g/mol. The van der Waals surface area contributed by atoms with Crippen LogP contribution in [-0.2, 0) is 21.7 Å². The Morgan fingerprint density at radius 2 is 1.87 bits per heavy atom. The minimum Gasteiger partial charge on any atom is -0.229 e. The minimum atomic E-state index is -3.16. The van der Waals surface area contributed by atoms with Gasteiger partial charge in [-0.05, 0) is 42.4 Å². The van der Waals surface area contributed by atoms with Gasteiger partial charge in [-0.1, -0.05) is 31.5 Å². The first-order chi connectivity index (χ1) is 18.4. The molecule has 1 aromatic carbocycles. The molecule has 0 aliphatic heterocycles. The molecule has 1 fully saturated rings. The molecule has 0 radical (unpaired) electrons. The average Bonchev–Trinajstić information content (AvgIpc) is 3.52. The maximum Gasteiger partial charge on any atom is 0.252 e. The van der Waals surface area contributed by atoms with Crippen LogP contribution in [0.1, 0.15) is 55.4 Å². The van der Waals surface area contributed by atoms with Crippen LogP contribution in [0.25, 0.3) is 17.2 Å². The summed E-state index contributed by atoms with van der Waals surface area (Å²) < 4.78 is 53.7. The van der Waals surface area contributed by atoms with Gasteiger partial charge in [0.2, 0.25) is 0 Å². The summed E-state index contributed by atoms with van der Waals surface area (Å²) in [5, 5.41) is 13.3. The van der Waals surface area contributed by atoms with Gasteiger partial charge in [-0.15, -0.1) is 10.2 Å². The topological polar surface area (TPSA) is 116 Å². The van der Waals surface area contributed by atoms with Gasteiger partial charge in [0, 0.05) is 24.4 Å². The van der Waals surface area contributed by atoms with E-state index >= 15 is 0 Å². The lowest BCUT2D eigenvalue weighted by molar-refractivity contribution is 0.242. The molecule has 39 heavy (non-hydrogen) atoms. The first-order valence-corrected chi connectivity index (χ1v) is 14.8. The van der Waals surface area contributed by atoms with Gasteiger partial charge >= 0.3 is 0 Å². The molecule has 202 valence electrons. The Bertz CT molecular complexity index is 1720. The van der Waals surface area contributed by atoms with Gasteiger partial charge in [-0.3, -0.25) is 0 Å². The molecule has 0 saturated heterocycles. The van der Waals surface area contributed by atoms with Crippen LogP contribution < -0.4 is 0 Å². The number of fused-ring (bicyclic) bond motifs is 5. The van der Waals surface area contributed by atoms with E-state index in [1.807, 2.05) is 6.07 Å². The second-order valence-electron chi connectivity index (χ2n) is 10.7. The first-order valence-electron chi connectivity index (χ1n) is 12.4. The SMILES string of the molecule is CC1(C)[C@H]2CC[C@@]1(c1ccnc(-n3cnc(CCS(C)(=O)=O)n3)n1)c1nnc(-c3c(F)cccc3F)c(Cl)c12. The van der Waals surface area contributed by atoms with Crippen LogP contribution in [0.4, 0.5) is 8.78 Å². The van der Waals surface area contributed by atoms with E-state index in [9.17, 15) is 17.2 Å². The van der Waals surface area contributed by atoms with Gasteiger partial charge in [-0.2, -0.15) is 9.78 Å². The van der Waals surface area contributed by atoms with Crippen LogP contribution in [-0.4, -0.2) is 55.4 Å². The molecule has 9 nitrogen and oxygen atoms in total. The van der Waals surface area contributed by atoms with Crippen molar-refractivity contribution in [3.8, 4) is 17.2 Å². The molecule has 2 atom stereocenters. The highest BCUT2D eigenvalue weighted by Gasteiger charge is 2.65. The van der Waals surface area contributed by atoms with Crippen molar-refractivity contribution in [3.05, 3.63) is 76.2 Å². The van der Waals surface area contributed by atoms with Crippen molar-refractivity contribution in [2.75, 3.05) is 12.0 Å². The van der Waals surface area contributed by atoms with Gasteiger partial charge in [0.05, 0.1) is 33.1 Å². The summed E-state index contributed by atoms with van der Waals surface area (Å²) in [7, 11) is -3.16. The number of rotatable bonds is 6. The lowest BCUT2D eigenvalue weighted by Crippen LogP contribution is -2.38. The van der Waals surface area contributed by atoms with E-state index < -0.39 is 32.3 Å².